The Bertz CT molecular complexity index is 462. The molecule has 0 amide bonds. The number of carboxylic acid groups (broad SMARTS) is 1. The number of rotatable bonds is 3. The molecule has 15 heavy (non-hydrogen) atoms. The molecule has 0 saturated heterocycles. The van der Waals surface area contributed by atoms with E-state index in [1.807, 2.05) is 0 Å². The number of carbonyl (C=O) groups excluding carboxylic acids is 1. The molecular weight excluding hydrogens is 262 g/mol. The van der Waals surface area contributed by atoms with Crippen molar-refractivity contribution in [2.75, 3.05) is 5.33 Å². The number of hydrogen-bond donors (Lipinski definition) is 1. The maximum Gasteiger partial charge on any atom is 0.335 e. The van der Waals surface area contributed by atoms with Gasteiger partial charge in [0.05, 0.1) is 22.5 Å². The molecule has 0 aliphatic carbocycles. The lowest BCUT2D eigenvalue weighted by Gasteiger charge is -2.01. The number of nitriles is 1. The lowest BCUT2D eigenvalue weighted by Crippen LogP contribution is -2.05. The van der Waals surface area contributed by atoms with Gasteiger partial charge in [-0.2, -0.15) is 5.26 Å². The van der Waals surface area contributed by atoms with Crippen LogP contribution in [0.25, 0.3) is 0 Å². The van der Waals surface area contributed by atoms with Gasteiger partial charge < -0.3 is 5.11 Å². The highest BCUT2D eigenvalue weighted by Gasteiger charge is 2.12. The first-order valence-electron chi connectivity index (χ1n) is 3.96. The van der Waals surface area contributed by atoms with Crippen LogP contribution in [0.4, 0.5) is 0 Å². The minimum Gasteiger partial charge on any atom is -0.478 e. The largest absolute Gasteiger partial charge is 0.478 e. The summed E-state index contributed by atoms with van der Waals surface area (Å²) in [5, 5.41) is 17.6. The number of benzene rings is 1. The molecule has 0 spiro atoms. The zero-order chi connectivity index (χ0) is 11.4. The number of ketones is 1. The molecule has 0 fully saturated rings. The van der Waals surface area contributed by atoms with Crippen molar-refractivity contribution in [3.8, 4) is 6.07 Å². The van der Waals surface area contributed by atoms with Crippen molar-refractivity contribution in [3.63, 3.8) is 0 Å². The molecule has 0 aliphatic heterocycles. The van der Waals surface area contributed by atoms with E-state index in [9.17, 15) is 9.59 Å². The minimum absolute atomic E-state index is 0.00216. The van der Waals surface area contributed by atoms with Crippen LogP contribution in [0.3, 0.4) is 0 Å². The Morgan fingerprint density at radius 3 is 2.60 bits per heavy atom. The summed E-state index contributed by atoms with van der Waals surface area (Å²) in [6.07, 6.45) is 0. The molecule has 0 atom stereocenters. The third kappa shape index (κ3) is 2.42. The fourth-order valence-electron chi connectivity index (χ4n) is 1.08. The Labute approximate surface area is 94.3 Å². The van der Waals surface area contributed by atoms with Gasteiger partial charge in [-0.05, 0) is 18.2 Å². The maximum atomic E-state index is 11.3. The van der Waals surface area contributed by atoms with E-state index in [4.69, 9.17) is 10.4 Å². The van der Waals surface area contributed by atoms with Crippen LogP contribution in [0, 0.1) is 11.3 Å². The molecule has 5 heteroatoms. The molecule has 0 aromatic heterocycles. The molecule has 0 radical (unpaired) electrons. The Morgan fingerprint density at radius 2 is 2.13 bits per heavy atom. The van der Waals surface area contributed by atoms with Gasteiger partial charge >= 0.3 is 5.97 Å². The van der Waals surface area contributed by atoms with Gasteiger partial charge in [0.1, 0.15) is 0 Å². The van der Waals surface area contributed by atoms with E-state index in [0.29, 0.717) is 0 Å². The van der Waals surface area contributed by atoms with Crippen LogP contribution in [-0.2, 0) is 0 Å². The molecule has 0 bridgehead atoms. The molecule has 0 aliphatic rings. The highest BCUT2D eigenvalue weighted by molar-refractivity contribution is 9.09. The Morgan fingerprint density at radius 1 is 1.47 bits per heavy atom. The van der Waals surface area contributed by atoms with Gasteiger partial charge in [-0.3, -0.25) is 4.79 Å². The fourth-order valence-corrected chi connectivity index (χ4v) is 1.39. The summed E-state index contributed by atoms with van der Waals surface area (Å²) in [5.41, 5.74) is 0.316. The standard InChI is InChI=1S/C10H6BrNO3/c11-4-9(13)8-2-1-6(10(14)15)3-7(8)5-12/h1-3H,4H2,(H,14,15). The Hall–Kier alpha value is -1.67. The Balaban J connectivity index is 3.28. The van der Waals surface area contributed by atoms with Gasteiger partial charge in [0.15, 0.2) is 5.78 Å². The molecule has 1 aromatic carbocycles. The average Bonchev–Trinajstić information content (AvgIpc) is 2.27. The second-order valence-corrected chi connectivity index (χ2v) is 3.29. The molecule has 1 aromatic rings. The topological polar surface area (TPSA) is 78.2 Å². The third-order valence-electron chi connectivity index (χ3n) is 1.81. The lowest BCUT2D eigenvalue weighted by atomic mass is 10.0. The van der Waals surface area contributed by atoms with E-state index in [0.717, 1.165) is 0 Å². The second-order valence-electron chi connectivity index (χ2n) is 2.73. The summed E-state index contributed by atoms with van der Waals surface area (Å²) < 4.78 is 0. The van der Waals surface area contributed by atoms with E-state index in [-0.39, 0.29) is 27.8 Å². The van der Waals surface area contributed by atoms with Crippen LogP contribution < -0.4 is 0 Å². The lowest BCUT2D eigenvalue weighted by molar-refractivity contribution is 0.0696. The third-order valence-corrected chi connectivity index (χ3v) is 2.32. The molecule has 1 N–H and O–H groups in total. The molecule has 76 valence electrons. The van der Waals surface area contributed by atoms with Gasteiger partial charge in [-0.1, -0.05) is 15.9 Å². The summed E-state index contributed by atoms with van der Waals surface area (Å²) >= 11 is 2.99. The van der Waals surface area contributed by atoms with Crippen molar-refractivity contribution in [1.82, 2.24) is 0 Å². The predicted octanol–water partition coefficient (Wildman–Crippen LogP) is 1.83. The van der Waals surface area contributed by atoms with Crippen molar-refractivity contribution in [1.29, 1.82) is 5.26 Å². The van der Waals surface area contributed by atoms with E-state index in [2.05, 4.69) is 15.9 Å². The summed E-state index contributed by atoms with van der Waals surface area (Å²) in [4.78, 5) is 21.9. The quantitative estimate of drug-likeness (QED) is 0.670. The monoisotopic (exact) mass is 267 g/mol. The SMILES string of the molecule is N#Cc1cc(C(=O)O)ccc1C(=O)CBr. The molecule has 0 unspecified atom stereocenters. The van der Waals surface area contributed by atoms with Crippen molar-refractivity contribution in [3.05, 3.63) is 34.9 Å². The number of Topliss-reactive ketones (excluding diaryl/α,β-unsaturated/α-hetero) is 1. The normalized spacial score (nSPS) is 9.33. The van der Waals surface area contributed by atoms with Gasteiger partial charge in [0.25, 0.3) is 0 Å². The highest BCUT2D eigenvalue weighted by atomic mass is 79.9. The van der Waals surface area contributed by atoms with E-state index in [1.165, 1.54) is 18.2 Å². The van der Waals surface area contributed by atoms with Gasteiger partial charge in [0, 0.05) is 5.56 Å². The number of carboxylic acids is 1. The van der Waals surface area contributed by atoms with Gasteiger partial charge in [-0.25, -0.2) is 4.79 Å². The van der Waals surface area contributed by atoms with Crippen LogP contribution in [0.15, 0.2) is 18.2 Å². The molecular formula is C10H6BrNO3. The number of carbonyl (C=O) groups is 2. The van der Waals surface area contributed by atoms with Crippen molar-refractivity contribution < 1.29 is 14.7 Å². The first-order chi connectivity index (χ1) is 7.10. The van der Waals surface area contributed by atoms with Crippen molar-refractivity contribution >= 4 is 27.7 Å². The highest BCUT2D eigenvalue weighted by Crippen LogP contribution is 2.13. The van der Waals surface area contributed by atoms with Crippen LogP contribution in [0.1, 0.15) is 26.3 Å². The first-order valence-corrected chi connectivity index (χ1v) is 5.09. The van der Waals surface area contributed by atoms with Crippen LogP contribution in [-0.4, -0.2) is 22.2 Å². The number of nitrogens with zero attached hydrogens (tertiary/aromatic N) is 1. The van der Waals surface area contributed by atoms with Crippen LogP contribution in [0.2, 0.25) is 0 Å². The zero-order valence-corrected chi connectivity index (χ0v) is 9.11. The van der Waals surface area contributed by atoms with Gasteiger partial charge in [-0.15, -0.1) is 0 Å². The van der Waals surface area contributed by atoms with Crippen LogP contribution >= 0.6 is 15.9 Å². The summed E-state index contributed by atoms with van der Waals surface area (Å²) in [7, 11) is 0. The number of alkyl halides is 1. The average molecular weight is 268 g/mol. The smallest absolute Gasteiger partial charge is 0.335 e. The first kappa shape index (κ1) is 11.4. The summed E-state index contributed by atoms with van der Waals surface area (Å²) in [6, 6.07) is 5.65. The summed E-state index contributed by atoms with van der Waals surface area (Å²) in [5.74, 6) is -1.37. The zero-order valence-electron chi connectivity index (χ0n) is 7.53. The fraction of sp³-hybridized carbons (Fsp3) is 0.100. The molecule has 0 heterocycles. The molecule has 0 saturated carbocycles. The van der Waals surface area contributed by atoms with Crippen molar-refractivity contribution in [2.45, 2.75) is 0 Å². The number of aromatic carboxylic acids is 1. The minimum atomic E-state index is -1.12. The number of halogens is 1. The second kappa shape index (κ2) is 4.71. The Kier molecular flexibility index (Phi) is 3.58. The maximum absolute atomic E-state index is 11.3. The number of hydrogen-bond acceptors (Lipinski definition) is 3. The molecule has 1 rings (SSSR count). The summed E-state index contributed by atoms with van der Waals surface area (Å²) in [6.45, 7) is 0. The van der Waals surface area contributed by atoms with E-state index >= 15 is 0 Å². The van der Waals surface area contributed by atoms with Gasteiger partial charge in [0.2, 0.25) is 0 Å². The van der Waals surface area contributed by atoms with E-state index in [1.54, 1.807) is 6.07 Å². The predicted molar refractivity (Wildman–Crippen MR) is 56.2 cm³/mol. The van der Waals surface area contributed by atoms with Crippen molar-refractivity contribution in [2.24, 2.45) is 0 Å². The molecule has 4 nitrogen and oxygen atoms in total. The van der Waals surface area contributed by atoms with Crippen LogP contribution in [0.5, 0.6) is 0 Å². The van der Waals surface area contributed by atoms with E-state index < -0.39 is 5.97 Å².